The number of ether oxygens (including phenoxy) is 1. The Hall–Kier alpha value is -1.39. The van der Waals surface area contributed by atoms with E-state index in [9.17, 15) is 15.0 Å². The lowest BCUT2D eigenvalue weighted by Crippen LogP contribution is -2.44. The van der Waals surface area contributed by atoms with Crippen molar-refractivity contribution in [3.63, 3.8) is 0 Å². The average molecular weight is 238 g/mol. The molecule has 0 radical (unpaired) electrons. The molecule has 0 saturated heterocycles. The van der Waals surface area contributed by atoms with Gasteiger partial charge in [-0.3, -0.25) is 0 Å². The van der Waals surface area contributed by atoms with E-state index in [1.165, 1.54) is 0 Å². The van der Waals surface area contributed by atoms with Crippen molar-refractivity contribution >= 4 is 5.97 Å². The molecule has 0 aliphatic rings. The summed E-state index contributed by atoms with van der Waals surface area (Å²) >= 11 is 0. The van der Waals surface area contributed by atoms with Crippen molar-refractivity contribution in [2.45, 2.75) is 32.0 Å². The lowest BCUT2D eigenvalue weighted by molar-refractivity contribution is -0.182. The summed E-state index contributed by atoms with van der Waals surface area (Å²) < 4.78 is 5.10. The quantitative estimate of drug-likeness (QED) is 0.777. The van der Waals surface area contributed by atoms with Gasteiger partial charge in [0.15, 0.2) is 0 Å². The van der Waals surface area contributed by atoms with E-state index in [0.29, 0.717) is 5.56 Å². The number of aliphatic hydroxyl groups is 2. The summed E-state index contributed by atoms with van der Waals surface area (Å²) in [6.07, 6.45) is 0. The maximum absolute atomic E-state index is 11.9. The first-order chi connectivity index (χ1) is 7.79. The van der Waals surface area contributed by atoms with Crippen LogP contribution in [0.1, 0.15) is 26.3 Å². The van der Waals surface area contributed by atoms with Gasteiger partial charge >= 0.3 is 5.97 Å². The Morgan fingerprint density at radius 1 is 1.24 bits per heavy atom. The maximum Gasteiger partial charge on any atom is 0.345 e. The van der Waals surface area contributed by atoms with Gasteiger partial charge in [-0.25, -0.2) is 4.79 Å². The molecule has 4 nitrogen and oxygen atoms in total. The summed E-state index contributed by atoms with van der Waals surface area (Å²) in [5, 5.41) is 19.5. The van der Waals surface area contributed by atoms with Crippen LogP contribution < -0.4 is 0 Å². The van der Waals surface area contributed by atoms with Gasteiger partial charge < -0.3 is 14.9 Å². The van der Waals surface area contributed by atoms with Crippen LogP contribution in [0.5, 0.6) is 0 Å². The third-order valence-electron chi connectivity index (χ3n) is 2.22. The highest BCUT2D eigenvalue weighted by atomic mass is 16.6. The van der Waals surface area contributed by atoms with Crippen molar-refractivity contribution in [1.82, 2.24) is 0 Å². The normalized spacial score (nSPS) is 15.1. The molecule has 0 aromatic heterocycles. The molecule has 1 atom stereocenters. The topological polar surface area (TPSA) is 66.8 Å². The lowest BCUT2D eigenvalue weighted by atomic mass is 9.94. The molecule has 17 heavy (non-hydrogen) atoms. The Morgan fingerprint density at radius 2 is 1.76 bits per heavy atom. The number of benzene rings is 1. The Kier molecular flexibility index (Phi) is 3.91. The molecule has 0 saturated carbocycles. The maximum atomic E-state index is 11.9. The molecule has 0 spiro atoms. The van der Waals surface area contributed by atoms with Crippen LogP contribution in [0.25, 0.3) is 0 Å². The molecule has 0 aliphatic carbocycles. The molecule has 0 unspecified atom stereocenters. The molecule has 94 valence electrons. The van der Waals surface area contributed by atoms with Crippen molar-refractivity contribution in [3.8, 4) is 0 Å². The highest BCUT2D eigenvalue weighted by Gasteiger charge is 2.40. The summed E-state index contributed by atoms with van der Waals surface area (Å²) in [6.45, 7) is 4.39. The number of carbonyl (C=O) groups excluding carboxylic acids is 1. The fourth-order valence-electron chi connectivity index (χ4n) is 1.35. The van der Waals surface area contributed by atoms with Gasteiger partial charge in [0.25, 0.3) is 0 Å². The van der Waals surface area contributed by atoms with E-state index in [1.54, 1.807) is 51.1 Å². The molecule has 1 aromatic carbocycles. The minimum absolute atomic E-state index is 0.316. The predicted octanol–water partition coefficient (Wildman–Crippen LogP) is 1.21. The predicted molar refractivity (Wildman–Crippen MR) is 63.3 cm³/mol. The standard InChI is InChI=1S/C13H18O4/c1-12(2,3)17-11(15)13(16,9-14)10-7-5-4-6-8-10/h4-8,14,16H,9H2,1-3H3/t13-/m1/s1. The van der Waals surface area contributed by atoms with Crippen LogP contribution in [0.15, 0.2) is 30.3 Å². The van der Waals surface area contributed by atoms with Gasteiger partial charge in [0, 0.05) is 0 Å². The Balaban J connectivity index is 3.01. The van der Waals surface area contributed by atoms with Gasteiger partial charge in [-0.05, 0) is 26.3 Å². The molecule has 1 rings (SSSR count). The van der Waals surface area contributed by atoms with Gasteiger partial charge in [0.05, 0.1) is 6.61 Å². The largest absolute Gasteiger partial charge is 0.458 e. The summed E-state index contributed by atoms with van der Waals surface area (Å²) in [5.41, 5.74) is -2.40. The summed E-state index contributed by atoms with van der Waals surface area (Å²) in [7, 11) is 0. The van der Waals surface area contributed by atoms with Gasteiger partial charge in [-0.2, -0.15) is 0 Å². The monoisotopic (exact) mass is 238 g/mol. The lowest BCUT2D eigenvalue weighted by Gasteiger charge is -2.29. The SMILES string of the molecule is CC(C)(C)OC(=O)[C@@](O)(CO)c1ccccc1. The molecule has 0 aliphatic heterocycles. The first-order valence-electron chi connectivity index (χ1n) is 5.42. The zero-order chi connectivity index (χ0) is 13.1. The van der Waals surface area contributed by atoms with Crippen LogP contribution >= 0.6 is 0 Å². The minimum Gasteiger partial charge on any atom is -0.458 e. The average Bonchev–Trinajstić information content (AvgIpc) is 2.27. The van der Waals surface area contributed by atoms with Gasteiger partial charge in [-0.1, -0.05) is 30.3 Å². The Bertz CT molecular complexity index is 380. The summed E-state index contributed by atoms with van der Waals surface area (Å²) in [4.78, 5) is 11.9. The van der Waals surface area contributed by atoms with Crippen molar-refractivity contribution in [3.05, 3.63) is 35.9 Å². The molecule has 1 aromatic rings. The second-order valence-electron chi connectivity index (χ2n) is 4.89. The van der Waals surface area contributed by atoms with Gasteiger partial charge in [-0.15, -0.1) is 0 Å². The minimum atomic E-state index is -2.01. The van der Waals surface area contributed by atoms with Crippen LogP contribution in [0.3, 0.4) is 0 Å². The van der Waals surface area contributed by atoms with Crippen molar-refractivity contribution in [2.24, 2.45) is 0 Å². The molecule has 0 fully saturated rings. The zero-order valence-electron chi connectivity index (χ0n) is 10.3. The smallest absolute Gasteiger partial charge is 0.345 e. The fourth-order valence-corrected chi connectivity index (χ4v) is 1.35. The van der Waals surface area contributed by atoms with Crippen molar-refractivity contribution < 1.29 is 19.7 Å². The third-order valence-corrected chi connectivity index (χ3v) is 2.22. The molecule has 0 amide bonds. The molecule has 4 heteroatoms. The van der Waals surface area contributed by atoms with E-state index in [4.69, 9.17) is 4.74 Å². The first-order valence-corrected chi connectivity index (χ1v) is 5.42. The van der Waals surface area contributed by atoms with Crippen LogP contribution in [-0.4, -0.2) is 28.4 Å². The van der Waals surface area contributed by atoms with E-state index in [2.05, 4.69) is 0 Å². The number of hydrogen-bond donors (Lipinski definition) is 2. The number of esters is 1. The molecule has 2 N–H and O–H groups in total. The first kappa shape index (κ1) is 13.7. The van der Waals surface area contributed by atoms with Gasteiger partial charge in [0.1, 0.15) is 5.60 Å². The van der Waals surface area contributed by atoms with E-state index in [0.717, 1.165) is 0 Å². The van der Waals surface area contributed by atoms with E-state index >= 15 is 0 Å². The second-order valence-corrected chi connectivity index (χ2v) is 4.89. The van der Waals surface area contributed by atoms with Crippen LogP contribution in [0, 0.1) is 0 Å². The third kappa shape index (κ3) is 3.28. The molecule has 0 bridgehead atoms. The van der Waals surface area contributed by atoms with Crippen molar-refractivity contribution in [2.75, 3.05) is 6.61 Å². The highest BCUT2D eigenvalue weighted by molar-refractivity contribution is 5.81. The van der Waals surface area contributed by atoms with Crippen LogP contribution in [0.4, 0.5) is 0 Å². The van der Waals surface area contributed by atoms with Crippen LogP contribution in [-0.2, 0) is 15.1 Å². The fraction of sp³-hybridized carbons (Fsp3) is 0.462. The zero-order valence-corrected chi connectivity index (χ0v) is 10.3. The van der Waals surface area contributed by atoms with E-state index < -0.39 is 23.8 Å². The summed E-state index contributed by atoms with van der Waals surface area (Å²) in [5.74, 6) is -0.848. The van der Waals surface area contributed by atoms with Crippen LogP contribution in [0.2, 0.25) is 0 Å². The summed E-state index contributed by atoms with van der Waals surface area (Å²) in [6, 6.07) is 8.26. The second kappa shape index (κ2) is 4.85. The van der Waals surface area contributed by atoms with Crippen molar-refractivity contribution in [1.29, 1.82) is 0 Å². The number of hydrogen-bond acceptors (Lipinski definition) is 4. The van der Waals surface area contributed by atoms with E-state index in [-0.39, 0.29) is 0 Å². The Morgan fingerprint density at radius 3 is 2.18 bits per heavy atom. The molecular formula is C13H18O4. The number of aliphatic hydroxyl groups excluding tert-OH is 1. The highest BCUT2D eigenvalue weighted by Crippen LogP contribution is 2.24. The molecular weight excluding hydrogens is 220 g/mol. The Labute approximate surface area is 101 Å². The number of carbonyl (C=O) groups is 1. The van der Waals surface area contributed by atoms with E-state index in [1.807, 2.05) is 0 Å². The van der Waals surface area contributed by atoms with Gasteiger partial charge in [0.2, 0.25) is 5.60 Å². The number of rotatable bonds is 3. The molecule has 0 heterocycles.